The van der Waals surface area contributed by atoms with Crippen LogP contribution in [0.3, 0.4) is 0 Å². The number of para-hydroxylation sites is 1. The molecule has 0 bridgehead atoms. The average Bonchev–Trinajstić information content (AvgIpc) is 2.96. The summed E-state index contributed by atoms with van der Waals surface area (Å²) in [5, 5.41) is 6.89. The van der Waals surface area contributed by atoms with Crippen LogP contribution >= 0.6 is 22.9 Å². The molecule has 0 saturated carbocycles. The number of benzene rings is 2. The SMILES string of the molecule is CCc1cccc2sc(NC(=O)NCc3ccc(Cl)cc3)nc12. The van der Waals surface area contributed by atoms with Gasteiger partial charge in [-0.2, -0.15) is 0 Å². The van der Waals surface area contributed by atoms with Gasteiger partial charge in [0.25, 0.3) is 0 Å². The second-order valence-corrected chi connectivity index (χ2v) is 6.54. The minimum absolute atomic E-state index is 0.267. The van der Waals surface area contributed by atoms with E-state index in [1.54, 1.807) is 12.1 Å². The smallest absolute Gasteiger partial charge is 0.321 e. The first-order valence-electron chi connectivity index (χ1n) is 7.33. The van der Waals surface area contributed by atoms with E-state index in [9.17, 15) is 4.79 Å². The van der Waals surface area contributed by atoms with Crippen LogP contribution in [0, 0.1) is 0 Å². The summed E-state index contributed by atoms with van der Waals surface area (Å²) in [7, 11) is 0. The van der Waals surface area contributed by atoms with Crippen LogP contribution in [-0.4, -0.2) is 11.0 Å². The lowest BCUT2D eigenvalue weighted by molar-refractivity contribution is 0.251. The van der Waals surface area contributed by atoms with Crippen molar-refractivity contribution >= 4 is 44.3 Å². The Morgan fingerprint density at radius 2 is 2.00 bits per heavy atom. The first-order valence-corrected chi connectivity index (χ1v) is 8.53. The highest BCUT2D eigenvalue weighted by Gasteiger charge is 2.09. The van der Waals surface area contributed by atoms with Crippen LogP contribution in [0.25, 0.3) is 10.2 Å². The molecule has 0 spiro atoms. The number of hydrogen-bond donors (Lipinski definition) is 2. The van der Waals surface area contributed by atoms with Crippen molar-refractivity contribution in [2.75, 3.05) is 5.32 Å². The Bertz CT molecular complexity index is 829. The van der Waals surface area contributed by atoms with Crippen molar-refractivity contribution < 1.29 is 4.79 Å². The van der Waals surface area contributed by atoms with Crippen LogP contribution in [0.1, 0.15) is 18.1 Å². The lowest BCUT2D eigenvalue weighted by Crippen LogP contribution is -2.28. The number of anilines is 1. The summed E-state index contributed by atoms with van der Waals surface area (Å²) in [6, 6.07) is 13.2. The molecule has 2 amide bonds. The van der Waals surface area contributed by atoms with Crippen LogP contribution in [0.15, 0.2) is 42.5 Å². The lowest BCUT2D eigenvalue weighted by Gasteiger charge is -2.05. The summed E-state index contributed by atoms with van der Waals surface area (Å²) in [5.41, 5.74) is 3.14. The van der Waals surface area contributed by atoms with Crippen LogP contribution in [0.4, 0.5) is 9.93 Å². The molecule has 0 atom stereocenters. The number of nitrogens with zero attached hydrogens (tertiary/aromatic N) is 1. The van der Waals surface area contributed by atoms with E-state index in [1.807, 2.05) is 24.3 Å². The maximum atomic E-state index is 12.0. The van der Waals surface area contributed by atoms with Gasteiger partial charge in [0.15, 0.2) is 5.13 Å². The summed E-state index contributed by atoms with van der Waals surface area (Å²) in [4.78, 5) is 16.5. The maximum absolute atomic E-state index is 12.0. The molecule has 3 rings (SSSR count). The first kappa shape index (κ1) is 15.8. The van der Waals surface area contributed by atoms with Gasteiger partial charge in [-0.15, -0.1) is 0 Å². The molecule has 23 heavy (non-hydrogen) atoms. The van der Waals surface area contributed by atoms with Gasteiger partial charge in [-0.25, -0.2) is 9.78 Å². The topological polar surface area (TPSA) is 54.0 Å². The molecule has 0 radical (unpaired) electrons. The van der Waals surface area contributed by atoms with Crippen LogP contribution < -0.4 is 10.6 Å². The van der Waals surface area contributed by atoms with Gasteiger partial charge in [-0.1, -0.05) is 54.1 Å². The number of nitrogens with one attached hydrogen (secondary N) is 2. The highest BCUT2D eigenvalue weighted by molar-refractivity contribution is 7.22. The number of carbonyl (C=O) groups is 1. The number of halogens is 1. The third-order valence-corrected chi connectivity index (χ3v) is 4.66. The van der Waals surface area contributed by atoms with Gasteiger partial charge >= 0.3 is 6.03 Å². The normalized spacial score (nSPS) is 10.7. The molecule has 0 aliphatic rings. The van der Waals surface area contributed by atoms with Gasteiger partial charge in [0.1, 0.15) is 0 Å². The number of amides is 2. The van der Waals surface area contributed by atoms with Crippen molar-refractivity contribution in [1.29, 1.82) is 0 Å². The van der Waals surface area contributed by atoms with Gasteiger partial charge < -0.3 is 5.32 Å². The Morgan fingerprint density at radius 3 is 2.74 bits per heavy atom. The fourth-order valence-electron chi connectivity index (χ4n) is 2.27. The second kappa shape index (κ2) is 6.98. The van der Waals surface area contributed by atoms with Crippen molar-refractivity contribution in [3.8, 4) is 0 Å². The molecule has 6 heteroatoms. The molecule has 1 aromatic heterocycles. The first-order chi connectivity index (χ1) is 11.2. The van der Waals surface area contributed by atoms with Crippen molar-refractivity contribution in [2.24, 2.45) is 0 Å². The maximum Gasteiger partial charge on any atom is 0.321 e. The van der Waals surface area contributed by atoms with E-state index in [1.165, 1.54) is 16.9 Å². The zero-order valence-corrected chi connectivity index (χ0v) is 14.2. The molecular weight excluding hydrogens is 330 g/mol. The molecule has 0 aliphatic heterocycles. The van der Waals surface area contributed by atoms with Crippen molar-refractivity contribution in [3.63, 3.8) is 0 Å². The molecule has 0 unspecified atom stereocenters. The number of thiazole rings is 1. The fraction of sp³-hybridized carbons (Fsp3) is 0.176. The van der Waals surface area contributed by atoms with Gasteiger partial charge in [0.05, 0.1) is 10.2 Å². The quantitative estimate of drug-likeness (QED) is 0.711. The molecule has 2 aromatic carbocycles. The Labute approximate surface area is 143 Å². The molecule has 4 nitrogen and oxygen atoms in total. The number of aromatic nitrogens is 1. The van der Waals surface area contributed by atoms with Gasteiger partial charge in [-0.05, 0) is 35.7 Å². The van der Waals surface area contributed by atoms with E-state index in [0.29, 0.717) is 16.7 Å². The van der Waals surface area contributed by atoms with E-state index < -0.39 is 0 Å². The Kier molecular flexibility index (Phi) is 4.79. The van der Waals surface area contributed by atoms with E-state index in [4.69, 9.17) is 11.6 Å². The van der Waals surface area contributed by atoms with E-state index in [2.05, 4.69) is 28.6 Å². The lowest BCUT2D eigenvalue weighted by atomic mass is 10.1. The van der Waals surface area contributed by atoms with Crippen molar-refractivity contribution in [3.05, 3.63) is 58.6 Å². The summed E-state index contributed by atoms with van der Waals surface area (Å²) >= 11 is 7.32. The van der Waals surface area contributed by atoms with E-state index in [-0.39, 0.29) is 6.03 Å². The number of rotatable bonds is 4. The minimum Gasteiger partial charge on any atom is -0.334 e. The summed E-state index contributed by atoms with van der Waals surface area (Å²) in [5.74, 6) is 0. The van der Waals surface area contributed by atoms with Crippen LogP contribution in [0.5, 0.6) is 0 Å². The average molecular weight is 346 g/mol. The van der Waals surface area contributed by atoms with Gasteiger partial charge in [-0.3, -0.25) is 5.32 Å². The third-order valence-electron chi connectivity index (χ3n) is 3.47. The molecular formula is C17H16ClN3OS. The fourth-order valence-corrected chi connectivity index (χ4v) is 3.31. The Balaban J connectivity index is 1.64. The van der Waals surface area contributed by atoms with Gasteiger partial charge in [0, 0.05) is 11.6 Å². The second-order valence-electron chi connectivity index (χ2n) is 5.07. The third kappa shape index (κ3) is 3.81. The van der Waals surface area contributed by atoms with Crippen LogP contribution in [0.2, 0.25) is 5.02 Å². The minimum atomic E-state index is -0.267. The highest BCUT2D eigenvalue weighted by Crippen LogP contribution is 2.28. The van der Waals surface area contributed by atoms with E-state index >= 15 is 0 Å². The number of carbonyl (C=O) groups excluding carboxylic acids is 1. The van der Waals surface area contributed by atoms with Gasteiger partial charge in [0.2, 0.25) is 0 Å². The van der Waals surface area contributed by atoms with Crippen molar-refractivity contribution in [1.82, 2.24) is 10.3 Å². The Hall–Kier alpha value is -2.11. The zero-order chi connectivity index (χ0) is 16.2. The molecule has 3 aromatic rings. The largest absolute Gasteiger partial charge is 0.334 e. The van der Waals surface area contributed by atoms with Crippen molar-refractivity contribution in [2.45, 2.75) is 19.9 Å². The molecule has 0 saturated heterocycles. The summed E-state index contributed by atoms with van der Waals surface area (Å²) < 4.78 is 1.08. The predicted octanol–water partition coefficient (Wildman–Crippen LogP) is 4.83. The van der Waals surface area contributed by atoms with E-state index in [0.717, 1.165) is 22.2 Å². The Morgan fingerprint density at radius 1 is 1.22 bits per heavy atom. The number of fused-ring (bicyclic) bond motifs is 1. The summed E-state index contributed by atoms with van der Waals surface area (Å²) in [6.07, 6.45) is 0.920. The molecule has 2 N–H and O–H groups in total. The summed E-state index contributed by atoms with van der Waals surface area (Å²) in [6.45, 7) is 2.54. The number of aryl methyl sites for hydroxylation is 1. The number of hydrogen-bond acceptors (Lipinski definition) is 3. The monoisotopic (exact) mass is 345 g/mol. The molecule has 0 aliphatic carbocycles. The predicted molar refractivity (Wildman–Crippen MR) is 96.3 cm³/mol. The van der Waals surface area contributed by atoms with Crippen LogP contribution in [-0.2, 0) is 13.0 Å². The standard InChI is InChI=1S/C17H16ClN3OS/c1-2-12-4-3-5-14-15(12)20-17(23-14)21-16(22)19-10-11-6-8-13(18)9-7-11/h3-9H,2,10H2,1H3,(H2,19,20,21,22). The molecule has 1 heterocycles. The highest BCUT2D eigenvalue weighted by atomic mass is 35.5. The molecule has 0 fully saturated rings. The zero-order valence-electron chi connectivity index (χ0n) is 12.6. The molecule has 118 valence electrons. The number of urea groups is 1.